The summed E-state index contributed by atoms with van der Waals surface area (Å²) in [6, 6.07) is 7.14. The van der Waals surface area contributed by atoms with Gasteiger partial charge in [-0.2, -0.15) is 0 Å². The van der Waals surface area contributed by atoms with Crippen LogP contribution in [0.4, 0.5) is 0 Å². The molecule has 0 aromatic heterocycles. The molecule has 0 aliphatic heterocycles. The minimum atomic E-state index is -0.952. The lowest BCUT2D eigenvalue weighted by Gasteiger charge is -2.12. The second-order valence-electron chi connectivity index (χ2n) is 6.85. The summed E-state index contributed by atoms with van der Waals surface area (Å²) in [5.74, 6) is -5.09. The minimum Gasteiger partial charge on any atom is -0.423 e. The van der Waals surface area contributed by atoms with Crippen molar-refractivity contribution in [1.82, 2.24) is 0 Å². The molecule has 196 valence electrons. The molecule has 2 aromatic carbocycles. The van der Waals surface area contributed by atoms with Crippen LogP contribution in [0, 0.1) is 0 Å². The molecule has 2 aromatic rings. The Hall–Kier alpha value is -5.29. The summed E-state index contributed by atoms with van der Waals surface area (Å²) in [5, 5.41) is 0. The smallest absolute Gasteiger partial charge is 0.343 e. The first kappa shape index (κ1) is 28.9. The number of hydrogen-bond acceptors (Lipinski definition) is 11. The van der Waals surface area contributed by atoms with Gasteiger partial charge >= 0.3 is 29.8 Å². The number of methoxy groups -OCH3 is 1. The van der Waals surface area contributed by atoms with E-state index in [1.165, 1.54) is 43.5 Å². The molecule has 0 N–H and O–H groups in total. The highest BCUT2D eigenvalue weighted by molar-refractivity contribution is 5.93. The molecule has 0 spiro atoms. The third-order valence-corrected chi connectivity index (χ3v) is 4.12. The Kier molecular flexibility index (Phi) is 10.9. The average Bonchev–Trinajstić information content (AvgIpc) is 2.89. The number of hydrogen-bond donors (Lipinski definition) is 0. The van der Waals surface area contributed by atoms with E-state index < -0.39 is 29.8 Å². The molecule has 0 saturated carbocycles. The largest absolute Gasteiger partial charge is 0.423 e. The Balaban J connectivity index is 2.37. The molecule has 11 heteroatoms. The topological polar surface area (TPSA) is 141 Å². The van der Waals surface area contributed by atoms with E-state index in [0.717, 1.165) is 30.4 Å². The molecule has 38 heavy (non-hydrogen) atoms. The molecule has 0 saturated heterocycles. The molecule has 0 aliphatic rings. The maximum Gasteiger partial charge on any atom is 0.343 e. The van der Waals surface area contributed by atoms with Crippen molar-refractivity contribution in [2.45, 2.75) is 0 Å². The summed E-state index contributed by atoms with van der Waals surface area (Å²) in [4.78, 5) is 59.8. The van der Waals surface area contributed by atoms with Crippen LogP contribution in [0.25, 0.3) is 0 Å². The first-order valence-corrected chi connectivity index (χ1v) is 10.6. The van der Waals surface area contributed by atoms with Crippen LogP contribution in [0.1, 0.15) is 10.4 Å². The number of rotatable bonds is 12. The molecule has 0 unspecified atom stereocenters. The normalized spacial score (nSPS) is 10.1. The fourth-order valence-electron chi connectivity index (χ4n) is 2.54. The summed E-state index contributed by atoms with van der Waals surface area (Å²) in [6.45, 7) is 10.0. The molecule has 0 atom stereocenters. The van der Waals surface area contributed by atoms with Gasteiger partial charge in [-0.3, -0.25) is 0 Å². The monoisotopic (exact) mass is 522 g/mol. The van der Waals surface area contributed by atoms with Gasteiger partial charge in [0.05, 0.1) is 12.2 Å². The summed E-state index contributed by atoms with van der Waals surface area (Å²) in [5.41, 5.74) is -0.121. The Morgan fingerprint density at radius 3 is 1.71 bits per heavy atom. The van der Waals surface area contributed by atoms with Gasteiger partial charge in [0.2, 0.25) is 0 Å². The van der Waals surface area contributed by atoms with E-state index in [4.69, 9.17) is 28.4 Å². The first-order valence-electron chi connectivity index (χ1n) is 10.6. The zero-order valence-electron chi connectivity index (χ0n) is 20.2. The van der Waals surface area contributed by atoms with E-state index in [-0.39, 0.29) is 40.9 Å². The van der Waals surface area contributed by atoms with Crippen LogP contribution in [-0.4, -0.2) is 43.6 Å². The number of benzene rings is 2. The number of esters is 5. The van der Waals surface area contributed by atoms with Gasteiger partial charge in [0, 0.05) is 49.6 Å². The van der Waals surface area contributed by atoms with Crippen LogP contribution in [0.2, 0.25) is 0 Å². The van der Waals surface area contributed by atoms with E-state index >= 15 is 0 Å². The molecular formula is C27H22O11. The molecular weight excluding hydrogens is 500 g/mol. The maximum absolute atomic E-state index is 12.8. The van der Waals surface area contributed by atoms with E-state index in [1.54, 1.807) is 0 Å². The van der Waals surface area contributed by atoms with Crippen molar-refractivity contribution in [2.75, 3.05) is 13.7 Å². The van der Waals surface area contributed by atoms with Crippen LogP contribution >= 0.6 is 0 Å². The average molecular weight is 522 g/mol. The number of carbonyl (C=O) groups excluding carboxylic acids is 5. The molecule has 0 amide bonds. The quantitative estimate of drug-likeness (QED) is 0.230. The summed E-state index contributed by atoms with van der Waals surface area (Å²) in [6.07, 6.45) is 5.20. The van der Waals surface area contributed by atoms with Gasteiger partial charge in [0.25, 0.3) is 0 Å². The van der Waals surface area contributed by atoms with Gasteiger partial charge < -0.3 is 28.4 Å². The van der Waals surface area contributed by atoms with Crippen LogP contribution in [0.3, 0.4) is 0 Å². The lowest BCUT2D eigenvalue weighted by Crippen LogP contribution is -2.12. The zero-order chi connectivity index (χ0) is 28.1. The van der Waals surface area contributed by atoms with E-state index in [1.807, 2.05) is 0 Å². The van der Waals surface area contributed by atoms with E-state index in [9.17, 15) is 24.0 Å². The summed E-state index contributed by atoms with van der Waals surface area (Å²) < 4.78 is 30.4. The Morgan fingerprint density at radius 1 is 0.658 bits per heavy atom. The van der Waals surface area contributed by atoms with Crippen LogP contribution in [-0.2, 0) is 23.9 Å². The lowest BCUT2D eigenvalue weighted by molar-refractivity contribution is -0.131. The van der Waals surface area contributed by atoms with Crippen LogP contribution in [0.15, 0.2) is 86.5 Å². The lowest BCUT2D eigenvalue weighted by atomic mass is 10.2. The van der Waals surface area contributed by atoms with Gasteiger partial charge in [-0.15, -0.1) is 0 Å². The number of carbonyl (C=O) groups is 5. The predicted molar refractivity (Wildman–Crippen MR) is 132 cm³/mol. The molecule has 0 radical (unpaired) electrons. The molecule has 0 aliphatic carbocycles. The minimum absolute atomic E-state index is 0.110. The fourth-order valence-corrected chi connectivity index (χ4v) is 2.54. The first-order chi connectivity index (χ1) is 18.2. The van der Waals surface area contributed by atoms with Crippen molar-refractivity contribution in [2.24, 2.45) is 0 Å². The molecule has 0 heterocycles. The maximum atomic E-state index is 12.8. The van der Waals surface area contributed by atoms with Crippen molar-refractivity contribution in [1.29, 1.82) is 0 Å². The highest BCUT2D eigenvalue weighted by Crippen LogP contribution is 2.32. The van der Waals surface area contributed by atoms with Crippen LogP contribution in [0.5, 0.6) is 28.7 Å². The highest BCUT2D eigenvalue weighted by Gasteiger charge is 2.18. The van der Waals surface area contributed by atoms with Crippen molar-refractivity contribution in [3.8, 4) is 28.7 Å². The Morgan fingerprint density at radius 2 is 1.16 bits per heavy atom. The van der Waals surface area contributed by atoms with Crippen molar-refractivity contribution >= 4 is 29.8 Å². The highest BCUT2D eigenvalue weighted by atomic mass is 16.6. The standard InChI is InChI=1S/C27H22O11/c1-5-23(28)34-18-14-19(35-26(31)9-8-12-33-4)16-20(15-18)36-27(32)17-10-11-21(37-24(29)6-2)22(13-17)38-25(30)7-3/h5-11,13-16H,1-3,12H2,4H3/b9-8+. The predicted octanol–water partition coefficient (Wildman–Crippen LogP) is 3.29. The van der Waals surface area contributed by atoms with E-state index in [0.29, 0.717) is 0 Å². The molecule has 0 fully saturated rings. The summed E-state index contributed by atoms with van der Waals surface area (Å²) in [7, 11) is 1.45. The van der Waals surface area contributed by atoms with Crippen LogP contribution < -0.4 is 23.7 Å². The van der Waals surface area contributed by atoms with Crippen molar-refractivity contribution in [3.63, 3.8) is 0 Å². The van der Waals surface area contributed by atoms with Crippen molar-refractivity contribution in [3.05, 3.63) is 92.1 Å². The Bertz CT molecular complexity index is 1300. The van der Waals surface area contributed by atoms with Gasteiger partial charge in [-0.1, -0.05) is 25.8 Å². The van der Waals surface area contributed by atoms with E-state index in [2.05, 4.69) is 19.7 Å². The number of ether oxygens (including phenoxy) is 6. The molecule has 0 bridgehead atoms. The van der Waals surface area contributed by atoms with Crippen molar-refractivity contribution < 1.29 is 52.4 Å². The zero-order valence-corrected chi connectivity index (χ0v) is 20.2. The third-order valence-electron chi connectivity index (χ3n) is 4.12. The Labute approximate surface area is 217 Å². The van der Waals surface area contributed by atoms with Gasteiger partial charge in [0.1, 0.15) is 17.2 Å². The third kappa shape index (κ3) is 9.06. The fraction of sp³-hybridized carbons (Fsp3) is 0.0741. The summed E-state index contributed by atoms with van der Waals surface area (Å²) >= 11 is 0. The second kappa shape index (κ2) is 14.3. The second-order valence-corrected chi connectivity index (χ2v) is 6.85. The molecule has 11 nitrogen and oxygen atoms in total. The van der Waals surface area contributed by atoms with Gasteiger partial charge in [-0.25, -0.2) is 24.0 Å². The van der Waals surface area contributed by atoms with Gasteiger partial charge in [-0.05, 0) is 18.2 Å². The molecule has 2 rings (SSSR count). The van der Waals surface area contributed by atoms with Gasteiger partial charge in [0.15, 0.2) is 11.5 Å². The SMILES string of the molecule is C=CC(=O)Oc1cc(OC(=O)/C=C/COC)cc(OC(=O)c2ccc(OC(=O)C=C)c(OC(=O)C=C)c2)c1.